The SMILES string of the molecule is COC(=O)c1ccnc(C#CCCS)c1. The molecule has 1 rings (SSSR count). The average molecular weight is 221 g/mol. The number of nitrogens with zero attached hydrogens (tertiary/aromatic N) is 1. The minimum atomic E-state index is -0.380. The molecule has 0 saturated carbocycles. The fraction of sp³-hybridized carbons (Fsp3) is 0.273. The minimum Gasteiger partial charge on any atom is -0.465 e. The zero-order valence-corrected chi connectivity index (χ0v) is 9.25. The van der Waals surface area contributed by atoms with Gasteiger partial charge in [-0.15, -0.1) is 0 Å². The molecule has 78 valence electrons. The molecule has 1 aromatic rings. The van der Waals surface area contributed by atoms with Gasteiger partial charge in [-0.1, -0.05) is 5.92 Å². The first kappa shape index (κ1) is 11.6. The molecule has 0 N–H and O–H groups in total. The lowest BCUT2D eigenvalue weighted by Gasteiger charge is -1.97. The summed E-state index contributed by atoms with van der Waals surface area (Å²) in [5, 5.41) is 0. The van der Waals surface area contributed by atoms with E-state index in [-0.39, 0.29) is 5.97 Å². The normalized spacial score (nSPS) is 8.93. The molecule has 4 heteroatoms. The lowest BCUT2D eigenvalue weighted by atomic mass is 10.2. The van der Waals surface area contributed by atoms with Gasteiger partial charge >= 0.3 is 5.97 Å². The van der Waals surface area contributed by atoms with Crippen LogP contribution in [0.5, 0.6) is 0 Å². The Morgan fingerprint density at radius 3 is 3.13 bits per heavy atom. The van der Waals surface area contributed by atoms with Crippen molar-refractivity contribution in [2.75, 3.05) is 12.9 Å². The van der Waals surface area contributed by atoms with Crippen molar-refractivity contribution in [3.05, 3.63) is 29.6 Å². The summed E-state index contributed by atoms with van der Waals surface area (Å²) in [5.41, 5.74) is 1.03. The highest BCUT2D eigenvalue weighted by Crippen LogP contribution is 2.02. The second-order valence-electron chi connectivity index (χ2n) is 2.70. The summed E-state index contributed by atoms with van der Waals surface area (Å²) in [4.78, 5) is 15.2. The van der Waals surface area contributed by atoms with Gasteiger partial charge in [0.15, 0.2) is 0 Å². The smallest absolute Gasteiger partial charge is 0.338 e. The van der Waals surface area contributed by atoms with Crippen LogP contribution in [0, 0.1) is 11.8 Å². The minimum absolute atomic E-state index is 0.380. The van der Waals surface area contributed by atoms with Gasteiger partial charge in [-0.05, 0) is 18.1 Å². The number of esters is 1. The third-order valence-electron chi connectivity index (χ3n) is 1.63. The van der Waals surface area contributed by atoms with Gasteiger partial charge in [0.2, 0.25) is 0 Å². The van der Waals surface area contributed by atoms with Crippen LogP contribution >= 0.6 is 12.6 Å². The predicted octanol–water partition coefficient (Wildman–Crippen LogP) is 1.54. The van der Waals surface area contributed by atoms with Crippen LogP contribution in [0.25, 0.3) is 0 Å². The van der Waals surface area contributed by atoms with Gasteiger partial charge in [-0.3, -0.25) is 0 Å². The molecule has 0 unspecified atom stereocenters. The topological polar surface area (TPSA) is 39.2 Å². The van der Waals surface area contributed by atoms with Crippen LogP contribution in [0.4, 0.5) is 0 Å². The van der Waals surface area contributed by atoms with E-state index in [0.29, 0.717) is 23.4 Å². The van der Waals surface area contributed by atoms with E-state index in [2.05, 4.69) is 34.2 Å². The molecular formula is C11H11NO2S. The molecule has 0 amide bonds. The highest BCUT2D eigenvalue weighted by Gasteiger charge is 2.04. The van der Waals surface area contributed by atoms with Crippen molar-refractivity contribution in [1.82, 2.24) is 4.98 Å². The summed E-state index contributed by atoms with van der Waals surface area (Å²) < 4.78 is 4.59. The maximum atomic E-state index is 11.2. The summed E-state index contributed by atoms with van der Waals surface area (Å²) in [6.07, 6.45) is 2.24. The van der Waals surface area contributed by atoms with Crippen LogP contribution in [0.1, 0.15) is 22.5 Å². The molecule has 0 spiro atoms. The summed E-state index contributed by atoms with van der Waals surface area (Å²) in [7, 11) is 1.34. The van der Waals surface area contributed by atoms with Crippen molar-refractivity contribution in [2.24, 2.45) is 0 Å². The van der Waals surface area contributed by atoms with Gasteiger partial charge in [-0.2, -0.15) is 12.6 Å². The van der Waals surface area contributed by atoms with Gasteiger partial charge < -0.3 is 4.74 Å². The first-order valence-electron chi connectivity index (χ1n) is 4.42. The van der Waals surface area contributed by atoms with Crippen molar-refractivity contribution < 1.29 is 9.53 Å². The van der Waals surface area contributed by atoms with Crippen molar-refractivity contribution in [3.63, 3.8) is 0 Å². The predicted molar refractivity (Wildman–Crippen MR) is 60.9 cm³/mol. The number of hydrogen-bond donors (Lipinski definition) is 1. The molecule has 1 heterocycles. The molecule has 15 heavy (non-hydrogen) atoms. The first-order chi connectivity index (χ1) is 7.27. The van der Waals surface area contributed by atoms with Crippen LogP contribution in [0.2, 0.25) is 0 Å². The lowest BCUT2D eigenvalue weighted by Crippen LogP contribution is -2.01. The molecule has 0 atom stereocenters. The van der Waals surface area contributed by atoms with E-state index in [4.69, 9.17) is 0 Å². The van der Waals surface area contributed by atoms with Crippen LogP contribution in [-0.2, 0) is 4.74 Å². The number of rotatable bonds is 2. The monoisotopic (exact) mass is 221 g/mol. The van der Waals surface area contributed by atoms with Crippen molar-refractivity contribution >= 4 is 18.6 Å². The first-order valence-corrected chi connectivity index (χ1v) is 5.05. The molecule has 0 fully saturated rings. The Balaban J connectivity index is 2.84. The molecule has 1 aromatic heterocycles. The summed E-state index contributed by atoms with van der Waals surface area (Å²) in [6.45, 7) is 0. The third kappa shape index (κ3) is 3.64. The second-order valence-corrected chi connectivity index (χ2v) is 3.14. The lowest BCUT2D eigenvalue weighted by molar-refractivity contribution is 0.0600. The largest absolute Gasteiger partial charge is 0.465 e. The number of ether oxygens (including phenoxy) is 1. The molecule has 3 nitrogen and oxygen atoms in total. The van der Waals surface area contributed by atoms with Crippen LogP contribution in [0.15, 0.2) is 18.3 Å². The number of aromatic nitrogens is 1. The molecule has 0 aliphatic rings. The van der Waals surface area contributed by atoms with E-state index in [0.717, 1.165) is 0 Å². The van der Waals surface area contributed by atoms with E-state index in [9.17, 15) is 4.79 Å². The summed E-state index contributed by atoms with van der Waals surface area (Å²) in [5.74, 6) is 6.07. The Labute approximate surface area is 94.3 Å². The zero-order valence-electron chi connectivity index (χ0n) is 8.36. The fourth-order valence-corrected chi connectivity index (χ4v) is 1.06. The molecule has 0 aliphatic carbocycles. The Morgan fingerprint density at radius 1 is 1.67 bits per heavy atom. The summed E-state index contributed by atoms with van der Waals surface area (Å²) >= 11 is 4.04. The Hall–Kier alpha value is -1.47. The molecule has 0 aliphatic heterocycles. The Kier molecular flexibility index (Phi) is 4.72. The van der Waals surface area contributed by atoms with Crippen LogP contribution < -0.4 is 0 Å². The van der Waals surface area contributed by atoms with E-state index in [1.165, 1.54) is 13.3 Å². The molecule has 0 aromatic carbocycles. The van der Waals surface area contributed by atoms with Gasteiger partial charge in [-0.25, -0.2) is 9.78 Å². The second kappa shape index (κ2) is 6.10. The van der Waals surface area contributed by atoms with E-state index >= 15 is 0 Å². The van der Waals surface area contributed by atoms with Crippen LogP contribution in [0.3, 0.4) is 0 Å². The van der Waals surface area contributed by atoms with Gasteiger partial charge in [0, 0.05) is 18.4 Å². The Bertz CT molecular complexity index is 407. The van der Waals surface area contributed by atoms with Gasteiger partial charge in [0.05, 0.1) is 12.7 Å². The number of carbonyl (C=O) groups excluding carboxylic acids is 1. The zero-order chi connectivity index (χ0) is 11.1. The third-order valence-corrected chi connectivity index (χ3v) is 1.86. The summed E-state index contributed by atoms with van der Waals surface area (Å²) in [6, 6.07) is 3.20. The number of pyridine rings is 1. The van der Waals surface area contributed by atoms with E-state index in [1.54, 1.807) is 12.1 Å². The van der Waals surface area contributed by atoms with Crippen molar-refractivity contribution in [2.45, 2.75) is 6.42 Å². The number of methoxy groups -OCH3 is 1. The number of thiol groups is 1. The average Bonchev–Trinajstić information content (AvgIpc) is 2.29. The van der Waals surface area contributed by atoms with Crippen molar-refractivity contribution in [1.29, 1.82) is 0 Å². The quantitative estimate of drug-likeness (QED) is 0.468. The Morgan fingerprint density at radius 2 is 2.47 bits per heavy atom. The molecular weight excluding hydrogens is 210 g/mol. The molecule has 0 radical (unpaired) electrons. The highest BCUT2D eigenvalue weighted by molar-refractivity contribution is 7.80. The van der Waals surface area contributed by atoms with Gasteiger partial charge in [0.1, 0.15) is 5.69 Å². The highest BCUT2D eigenvalue weighted by atomic mass is 32.1. The maximum Gasteiger partial charge on any atom is 0.338 e. The molecule has 0 bridgehead atoms. The van der Waals surface area contributed by atoms with E-state index in [1.807, 2.05) is 0 Å². The van der Waals surface area contributed by atoms with Gasteiger partial charge in [0.25, 0.3) is 0 Å². The van der Waals surface area contributed by atoms with E-state index < -0.39 is 0 Å². The van der Waals surface area contributed by atoms with Crippen molar-refractivity contribution in [3.8, 4) is 11.8 Å². The number of carbonyl (C=O) groups is 1. The standard InChI is InChI=1S/C11H11NO2S/c1-14-11(13)9-5-6-12-10(8-9)4-2-3-7-15/h5-6,8,15H,3,7H2,1H3. The molecule has 0 saturated heterocycles. The maximum absolute atomic E-state index is 11.2. The number of hydrogen-bond acceptors (Lipinski definition) is 4. The fourth-order valence-electron chi connectivity index (χ4n) is 0.953. The van der Waals surface area contributed by atoms with Crippen LogP contribution in [-0.4, -0.2) is 23.8 Å².